The van der Waals surface area contributed by atoms with Crippen LogP contribution >= 0.6 is 23.1 Å². The Balaban J connectivity index is 1.52. The first-order valence-corrected chi connectivity index (χ1v) is 11.2. The number of thioether (sulfide) groups is 1. The van der Waals surface area contributed by atoms with Gasteiger partial charge in [0.05, 0.1) is 24.2 Å². The molecule has 1 N–H and O–H groups in total. The standard InChI is InChI=1S/C22H24N2O2S2/c1-4-16-6-8-17(9-7-16)22-23-18(13-28-22)12-27-14-21(25)24-19-11-15(2)5-10-20(19)26-3/h5-11,13H,4,12,14H2,1-3H3,(H,24,25). The normalized spacial score (nSPS) is 10.7. The largest absolute Gasteiger partial charge is 0.495 e. The monoisotopic (exact) mass is 412 g/mol. The molecule has 146 valence electrons. The first-order valence-electron chi connectivity index (χ1n) is 9.15. The Morgan fingerprint density at radius 3 is 2.71 bits per heavy atom. The van der Waals surface area contributed by atoms with Crippen molar-refractivity contribution in [3.8, 4) is 16.3 Å². The summed E-state index contributed by atoms with van der Waals surface area (Å²) >= 11 is 3.20. The molecule has 0 aliphatic rings. The molecule has 0 saturated carbocycles. The Morgan fingerprint density at radius 1 is 1.21 bits per heavy atom. The van der Waals surface area contributed by atoms with Gasteiger partial charge in [0.2, 0.25) is 5.91 Å². The third-order valence-corrected chi connectivity index (χ3v) is 6.18. The summed E-state index contributed by atoms with van der Waals surface area (Å²) in [5.41, 5.74) is 5.26. The van der Waals surface area contributed by atoms with Gasteiger partial charge in [-0.15, -0.1) is 23.1 Å². The minimum atomic E-state index is -0.0421. The lowest BCUT2D eigenvalue weighted by molar-refractivity contribution is -0.113. The second-order valence-electron chi connectivity index (χ2n) is 6.44. The molecule has 3 rings (SSSR count). The van der Waals surface area contributed by atoms with Crippen LogP contribution in [0.1, 0.15) is 23.7 Å². The summed E-state index contributed by atoms with van der Waals surface area (Å²) in [5, 5.41) is 6.02. The van der Waals surface area contributed by atoms with Crippen LogP contribution in [0.4, 0.5) is 5.69 Å². The highest BCUT2D eigenvalue weighted by atomic mass is 32.2. The molecule has 2 aromatic carbocycles. The molecule has 28 heavy (non-hydrogen) atoms. The second-order valence-corrected chi connectivity index (χ2v) is 8.28. The summed E-state index contributed by atoms with van der Waals surface area (Å²) in [7, 11) is 1.60. The van der Waals surface area contributed by atoms with Gasteiger partial charge in [0.15, 0.2) is 0 Å². The number of hydrogen-bond donors (Lipinski definition) is 1. The van der Waals surface area contributed by atoms with E-state index in [9.17, 15) is 4.79 Å². The highest BCUT2D eigenvalue weighted by Crippen LogP contribution is 2.27. The molecular formula is C22H24N2O2S2. The van der Waals surface area contributed by atoms with Crippen LogP contribution in [0.5, 0.6) is 5.75 Å². The van der Waals surface area contributed by atoms with Gasteiger partial charge in [-0.3, -0.25) is 4.79 Å². The number of methoxy groups -OCH3 is 1. The molecule has 3 aromatic rings. The molecule has 0 saturated heterocycles. The van der Waals surface area contributed by atoms with Crippen LogP contribution in [0.15, 0.2) is 47.8 Å². The predicted octanol–water partition coefficient (Wildman–Crippen LogP) is 5.56. The van der Waals surface area contributed by atoms with Crippen molar-refractivity contribution in [2.45, 2.75) is 26.0 Å². The number of amides is 1. The zero-order valence-electron chi connectivity index (χ0n) is 16.3. The molecule has 0 atom stereocenters. The Bertz CT molecular complexity index is 936. The Kier molecular flexibility index (Phi) is 7.12. The van der Waals surface area contributed by atoms with E-state index in [0.717, 1.165) is 28.2 Å². The number of nitrogens with one attached hydrogen (secondary N) is 1. The van der Waals surface area contributed by atoms with Crippen molar-refractivity contribution in [1.29, 1.82) is 0 Å². The number of benzene rings is 2. The number of anilines is 1. The number of carbonyl (C=O) groups is 1. The highest BCUT2D eigenvalue weighted by Gasteiger charge is 2.10. The number of ether oxygens (including phenoxy) is 1. The summed E-state index contributed by atoms with van der Waals surface area (Å²) < 4.78 is 5.30. The van der Waals surface area contributed by atoms with Crippen LogP contribution in [0.3, 0.4) is 0 Å². The topological polar surface area (TPSA) is 51.2 Å². The van der Waals surface area contributed by atoms with Gasteiger partial charge in [-0.1, -0.05) is 37.3 Å². The molecule has 0 fully saturated rings. The van der Waals surface area contributed by atoms with Crippen LogP contribution < -0.4 is 10.1 Å². The lowest BCUT2D eigenvalue weighted by atomic mass is 10.1. The summed E-state index contributed by atoms with van der Waals surface area (Å²) in [5.74, 6) is 1.71. The molecule has 1 heterocycles. The Hall–Kier alpha value is -2.31. The maximum Gasteiger partial charge on any atom is 0.234 e. The Labute approximate surface area is 174 Å². The van der Waals surface area contributed by atoms with Gasteiger partial charge >= 0.3 is 0 Å². The van der Waals surface area contributed by atoms with Crippen molar-refractivity contribution in [2.24, 2.45) is 0 Å². The lowest BCUT2D eigenvalue weighted by Crippen LogP contribution is -2.15. The van der Waals surface area contributed by atoms with Gasteiger partial charge in [0.25, 0.3) is 0 Å². The second kappa shape index (κ2) is 9.75. The van der Waals surface area contributed by atoms with Gasteiger partial charge in [-0.2, -0.15) is 0 Å². The highest BCUT2D eigenvalue weighted by molar-refractivity contribution is 7.99. The number of thiazole rings is 1. The SMILES string of the molecule is CCc1ccc(-c2nc(CSCC(=O)Nc3cc(C)ccc3OC)cs2)cc1. The van der Waals surface area contributed by atoms with E-state index in [-0.39, 0.29) is 5.91 Å². The molecule has 0 bridgehead atoms. The maximum atomic E-state index is 12.3. The smallest absolute Gasteiger partial charge is 0.234 e. The lowest BCUT2D eigenvalue weighted by Gasteiger charge is -2.10. The van der Waals surface area contributed by atoms with Crippen LogP contribution in [-0.2, 0) is 17.0 Å². The van der Waals surface area contributed by atoms with Crippen LogP contribution in [0.2, 0.25) is 0 Å². The van der Waals surface area contributed by atoms with Crippen molar-refractivity contribution < 1.29 is 9.53 Å². The fraction of sp³-hybridized carbons (Fsp3) is 0.273. The predicted molar refractivity (Wildman–Crippen MR) is 119 cm³/mol. The van der Waals surface area contributed by atoms with E-state index in [1.807, 2.05) is 25.1 Å². The molecule has 0 aliphatic carbocycles. The molecule has 4 nitrogen and oxygen atoms in total. The third-order valence-electron chi connectivity index (χ3n) is 4.27. The van der Waals surface area contributed by atoms with Gasteiger partial charge in [-0.05, 0) is 36.6 Å². The zero-order chi connectivity index (χ0) is 19.9. The number of aromatic nitrogens is 1. The van der Waals surface area contributed by atoms with Crippen LogP contribution in [0.25, 0.3) is 10.6 Å². The van der Waals surface area contributed by atoms with Crippen molar-refractivity contribution in [3.05, 3.63) is 64.7 Å². The van der Waals surface area contributed by atoms with Gasteiger partial charge in [-0.25, -0.2) is 4.98 Å². The van der Waals surface area contributed by atoms with Crippen molar-refractivity contribution in [2.75, 3.05) is 18.2 Å². The molecule has 0 radical (unpaired) electrons. The molecule has 0 spiro atoms. The van der Waals surface area contributed by atoms with Crippen molar-refractivity contribution in [1.82, 2.24) is 4.98 Å². The van der Waals surface area contributed by atoms with Crippen LogP contribution in [0, 0.1) is 6.92 Å². The zero-order valence-corrected chi connectivity index (χ0v) is 18.0. The van der Waals surface area contributed by atoms with E-state index >= 15 is 0 Å². The number of hydrogen-bond acceptors (Lipinski definition) is 5. The molecule has 1 amide bonds. The maximum absolute atomic E-state index is 12.3. The average molecular weight is 413 g/mol. The first kappa shape index (κ1) is 20.4. The van der Waals surface area contributed by atoms with Gasteiger partial charge < -0.3 is 10.1 Å². The van der Waals surface area contributed by atoms with Crippen molar-refractivity contribution >= 4 is 34.7 Å². The Morgan fingerprint density at radius 2 is 2.00 bits per heavy atom. The van der Waals surface area contributed by atoms with Crippen molar-refractivity contribution in [3.63, 3.8) is 0 Å². The van der Waals surface area contributed by atoms with E-state index in [4.69, 9.17) is 9.72 Å². The minimum absolute atomic E-state index is 0.0421. The van der Waals surface area contributed by atoms with E-state index in [1.54, 1.807) is 30.2 Å². The summed E-state index contributed by atoms with van der Waals surface area (Å²) in [4.78, 5) is 17.0. The number of rotatable bonds is 8. The summed E-state index contributed by atoms with van der Waals surface area (Å²) in [6, 6.07) is 14.3. The molecule has 6 heteroatoms. The number of aryl methyl sites for hydroxylation is 2. The van der Waals surface area contributed by atoms with E-state index in [2.05, 4.69) is 41.9 Å². The van der Waals surface area contributed by atoms with Crippen LogP contribution in [-0.4, -0.2) is 23.8 Å². The summed E-state index contributed by atoms with van der Waals surface area (Å²) in [6.45, 7) is 4.14. The molecule has 0 unspecified atom stereocenters. The molecular weight excluding hydrogens is 388 g/mol. The van der Waals surface area contributed by atoms with Gasteiger partial charge in [0.1, 0.15) is 10.8 Å². The third kappa shape index (κ3) is 5.36. The van der Waals surface area contributed by atoms with E-state index in [1.165, 1.54) is 5.56 Å². The average Bonchev–Trinajstić information content (AvgIpc) is 3.17. The molecule has 0 aliphatic heterocycles. The summed E-state index contributed by atoms with van der Waals surface area (Å²) in [6.07, 6.45) is 1.04. The fourth-order valence-corrected chi connectivity index (χ4v) is 4.39. The fourth-order valence-electron chi connectivity index (χ4n) is 2.74. The molecule has 1 aromatic heterocycles. The minimum Gasteiger partial charge on any atom is -0.495 e. The number of nitrogens with zero attached hydrogens (tertiary/aromatic N) is 1. The van der Waals surface area contributed by atoms with Gasteiger partial charge in [0, 0.05) is 16.7 Å². The van der Waals surface area contributed by atoms with E-state index in [0.29, 0.717) is 22.9 Å². The first-order chi connectivity index (χ1) is 13.6. The quantitative estimate of drug-likeness (QED) is 0.526. The van der Waals surface area contributed by atoms with E-state index < -0.39 is 0 Å². The number of carbonyl (C=O) groups excluding carboxylic acids is 1.